The first-order valence-electron chi connectivity index (χ1n) is 3.85. The highest BCUT2D eigenvalue weighted by Gasteiger charge is 2.30. The van der Waals surface area contributed by atoms with Crippen LogP contribution in [0.4, 0.5) is 10.1 Å². The van der Waals surface area contributed by atoms with Crippen LogP contribution in [0.5, 0.6) is 0 Å². The second-order valence-electron chi connectivity index (χ2n) is 2.86. The number of halogens is 1. The molecule has 0 bridgehead atoms. The Labute approximate surface area is 77.7 Å². The summed E-state index contributed by atoms with van der Waals surface area (Å²) in [5, 5.41) is 12.9. The maximum absolute atomic E-state index is 13.0. The van der Waals surface area contributed by atoms with Gasteiger partial charge in [0.05, 0.1) is 22.6 Å². The van der Waals surface area contributed by atoms with Crippen molar-refractivity contribution in [3.05, 3.63) is 39.2 Å². The van der Waals surface area contributed by atoms with Gasteiger partial charge in [-0.2, -0.15) is 4.39 Å². The fourth-order valence-corrected chi connectivity index (χ4v) is 1.46. The summed E-state index contributed by atoms with van der Waals surface area (Å²) in [6, 6.07) is 2.18. The number of hydrogen-bond donors (Lipinski definition) is 1. The van der Waals surface area contributed by atoms with Crippen LogP contribution in [-0.2, 0) is 6.54 Å². The molecule has 1 aromatic rings. The average Bonchev–Trinajstić information content (AvgIpc) is 2.47. The minimum Gasteiger partial charge on any atom is -0.348 e. The Morgan fingerprint density at radius 1 is 1.50 bits per heavy atom. The van der Waals surface area contributed by atoms with E-state index in [9.17, 15) is 19.3 Å². The lowest BCUT2D eigenvalue weighted by molar-refractivity contribution is -0.388. The first-order valence-corrected chi connectivity index (χ1v) is 3.85. The van der Waals surface area contributed by atoms with Crippen molar-refractivity contribution in [3.8, 4) is 0 Å². The van der Waals surface area contributed by atoms with Gasteiger partial charge in [-0.3, -0.25) is 14.9 Å². The molecule has 0 radical (unpaired) electrons. The molecule has 0 saturated carbocycles. The summed E-state index contributed by atoms with van der Waals surface area (Å²) in [5.74, 6) is -1.31. The SMILES string of the molecule is O=C1NCc2c1ccc(F)c2[N+](=O)[O-]. The first-order chi connectivity index (χ1) is 6.61. The smallest absolute Gasteiger partial charge is 0.310 e. The Morgan fingerprint density at radius 3 is 2.86 bits per heavy atom. The Morgan fingerprint density at radius 2 is 2.21 bits per heavy atom. The van der Waals surface area contributed by atoms with E-state index in [0.717, 1.165) is 6.07 Å². The summed E-state index contributed by atoms with van der Waals surface area (Å²) in [6.45, 7) is 0.0161. The third kappa shape index (κ3) is 1.04. The zero-order valence-corrected chi connectivity index (χ0v) is 6.91. The Bertz CT molecular complexity index is 444. The number of hydrogen-bond acceptors (Lipinski definition) is 3. The van der Waals surface area contributed by atoms with Gasteiger partial charge in [-0.1, -0.05) is 0 Å². The lowest BCUT2D eigenvalue weighted by atomic mass is 10.1. The number of nitro groups is 1. The van der Waals surface area contributed by atoms with Crippen molar-refractivity contribution in [2.45, 2.75) is 6.54 Å². The first kappa shape index (κ1) is 8.61. The van der Waals surface area contributed by atoms with Crippen LogP contribution in [-0.4, -0.2) is 10.8 Å². The maximum Gasteiger partial charge on any atom is 0.310 e. The minimum absolute atomic E-state index is 0.0161. The van der Waals surface area contributed by atoms with Gasteiger partial charge in [0.1, 0.15) is 0 Å². The van der Waals surface area contributed by atoms with Crippen LogP contribution in [0.15, 0.2) is 12.1 Å². The third-order valence-electron chi connectivity index (χ3n) is 2.09. The van der Waals surface area contributed by atoms with Gasteiger partial charge in [0, 0.05) is 0 Å². The third-order valence-corrected chi connectivity index (χ3v) is 2.09. The molecule has 5 nitrogen and oxygen atoms in total. The number of nitro benzene ring substituents is 1. The van der Waals surface area contributed by atoms with Crippen LogP contribution < -0.4 is 5.32 Å². The fourth-order valence-electron chi connectivity index (χ4n) is 1.46. The number of nitrogens with zero attached hydrogens (tertiary/aromatic N) is 1. The molecule has 0 aromatic heterocycles. The van der Waals surface area contributed by atoms with Crippen LogP contribution >= 0.6 is 0 Å². The second-order valence-corrected chi connectivity index (χ2v) is 2.86. The average molecular weight is 196 g/mol. The topological polar surface area (TPSA) is 72.2 Å². The fraction of sp³-hybridized carbons (Fsp3) is 0.125. The Kier molecular flexibility index (Phi) is 1.70. The molecule has 0 aliphatic carbocycles. The Hall–Kier alpha value is -1.98. The molecule has 0 atom stereocenters. The van der Waals surface area contributed by atoms with Crippen LogP contribution in [0, 0.1) is 15.9 Å². The number of benzene rings is 1. The highest BCUT2D eigenvalue weighted by atomic mass is 19.1. The van der Waals surface area contributed by atoms with Crippen molar-refractivity contribution in [1.29, 1.82) is 0 Å². The molecular formula is C8H5FN2O3. The second kappa shape index (κ2) is 2.76. The molecule has 6 heteroatoms. The molecule has 14 heavy (non-hydrogen) atoms. The summed E-state index contributed by atoms with van der Waals surface area (Å²) in [4.78, 5) is 20.8. The molecule has 0 spiro atoms. The zero-order chi connectivity index (χ0) is 10.3. The Balaban J connectivity index is 2.71. The molecule has 2 rings (SSSR count). The van der Waals surface area contributed by atoms with E-state index >= 15 is 0 Å². The lowest BCUT2D eigenvalue weighted by Crippen LogP contribution is -2.12. The zero-order valence-electron chi connectivity index (χ0n) is 6.91. The van der Waals surface area contributed by atoms with E-state index < -0.39 is 22.3 Å². The molecule has 0 saturated heterocycles. The van der Waals surface area contributed by atoms with E-state index in [1.165, 1.54) is 6.07 Å². The largest absolute Gasteiger partial charge is 0.348 e. The van der Waals surface area contributed by atoms with E-state index in [0.29, 0.717) is 0 Å². The highest BCUT2D eigenvalue weighted by Crippen LogP contribution is 2.28. The standard InChI is InChI=1S/C8H5FN2O3/c9-6-2-1-4-5(3-10-8(4)12)7(6)11(13)14/h1-2H,3H2,(H,10,12). The number of fused-ring (bicyclic) bond motifs is 1. The van der Waals surface area contributed by atoms with Crippen molar-refractivity contribution in [3.63, 3.8) is 0 Å². The molecule has 1 aromatic carbocycles. The summed E-state index contributed by atoms with van der Waals surface area (Å²) in [7, 11) is 0. The van der Waals surface area contributed by atoms with Gasteiger partial charge in [-0.25, -0.2) is 0 Å². The molecule has 1 aliphatic rings. The molecule has 72 valence electrons. The molecule has 1 amide bonds. The quantitative estimate of drug-likeness (QED) is 0.537. The van der Waals surface area contributed by atoms with Gasteiger partial charge in [-0.15, -0.1) is 0 Å². The summed E-state index contributed by atoms with van der Waals surface area (Å²) in [6.07, 6.45) is 0. The van der Waals surface area contributed by atoms with E-state index in [2.05, 4.69) is 5.32 Å². The van der Waals surface area contributed by atoms with Gasteiger partial charge >= 0.3 is 5.69 Å². The molecular weight excluding hydrogens is 191 g/mol. The summed E-state index contributed by atoms with van der Waals surface area (Å²) >= 11 is 0. The van der Waals surface area contributed by atoms with E-state index in [-0.39, 0.29) is 17.7 Å². The van der Waals surface area contributed by atoms with Crippen LogP contribution in [0.3, 0.4) is 0 Å². The van der Waals surface area contributed by atoms with Crippen molar-refractivity contribution < 1.29 is 14.1 Å². The van der Waals surface area contributed by atoms with E-state index in [1.54, 1.807) is 0 Å². The van der Waals surface area contributed by atoms with Gasteiger partial charge in [0.15, 0.2) is 0 Å². The van der Waals surface area contributed by atoms with Crippen LogP contribution in [0.25, 0.3) is 0 Å². The van der Waals surface area contributed by atoms with Gasteiger partial charge in [-0.05, 0) is 12.1 Å². The highest BCUT2D eigenvalue weighted by molar-refractivity contribution is 5.99. The number of carbonyl (C=O) groups excluding carboxylic acids is 1. The molecule has 1 aliphatic heterocycles. The van der Waals surface area contributed by atoms with Crippen LogP contribution in [0.2, 0.25) is 0 Å². The maximum atomic E-state index is 13.0. The summed E-state index contributed by atoms with van der Waals surface area (Å²) in [5.41, 5.74) is -0.307. The predicted molar refractivity (Wildman–Crippen MR) is 44.2 cm³/mol. The van der Waals surface area contributed by atoms with E-state index in [1.807, 2.05) is 0 Å². The number of nitrogens with one attached hydrogen (secondary N) is 1. The number of carbonyl (C=O) groups is 1. The molecule has 1 N–H and O–H groups in total. The monoisotopic (exact) mass is 196 g/mol. The van der Waals surface area contributed by atoms with Crippen molar-refractivity contribution in [2.24, 2.45) is 0 Å². The van der Waals surface area contributed by atoms with Gasteiger partial charge in [0.25, 0.3) is 5.91 Å². The predicted octanol–water partition coefficient (Wildman–Crippen LogP) is 0.977. The molecule has 0 fully saturated rings. The minimum atomic E-state index is -0.912. The van der Waals surface area contributed by atoms with Crippen molar-refractivity contribution >= 4 is 11.6 Å². The van der Waals surface area contributed by atoms with Crippen molar-refractivity contribution in [1.82, 2.24) is 5.32 Å². The van der Waals surface area contributed by atoms with Gasteiger partial charge in [0.2, 0.25) is 5.82 Å². The molecule has 0 unspecified atom stereocenters. The normalized spacial score (nSPS) is 13.6. The van der Waals surface area contributed by atoms with Gasteiger partial charge < -0.3 is 5.32 Å². The van der Waals surface area contributed by atoms with E-state index in [4.69, 9.17) is 0 Å². The van der Waals surface area contributed by atoms with Crippen molar-refractivity contribution in [2.75, 3.05) is 0 Å². The number of amides is 1. The van der Waals surface area contributed by atoms with Crippen LogP contribution in [0.1, 0.15) is 15.9 Å². The summed E-state index contributed by atoms with van der Waals surface area (Å²) < 4.78 is 13.0. The molecule has 1 heterocycles. The lowest BCUT2D eigenvalue weighted by Gasteiger charge is -1.98. The number of rotatable bonds is 1.